The Morgan fingerprint density at radius 2 is 2.26 bits per heavy atom. The molecule has 0 saturated carbocycles. The van der Waals surface area contributed by atoms with Crippen molar-refractivity contribution in [3.05, 3.63) is 48.1 Å². The number of hydrogen-bond donors (Lipinski definition) is 1. The molecule has 27 heavy (non-hydrogen) atoms. The lowest BCUT2D eigenvalue weighted by Crippen LogP contribution is -2.44. The molecule has 0 aliphatic carbocycles. The topological polar surface area (TPSA) is 76.2 Å². The van der Waals surface area contributed by atoms with E-state index in [4.69, 9.17) is 4.42 Å². The van der Waals surface area contributed by atoms with Gasteiger partial charge in [-0.25, -0.2) is 9.78 Å². The summed E-state index contributed by atoms with van der Waals surface area (Å²) in [5.41, 5.74) is 2.70. The summed E-state index contributed by atoms with van der Waals surface area (Å²) in [7, 11) is 0. The van der Waals surface area contributed by atoms with E-state index in [1.165, 1.54) is 0 Å². The van der Waals surface area contributed by atoms with E-state index in [0.717, 1.165) is 54.9 Å². The summed E-state index contributed by atoms with van der Waals surface area (Å²) in [5.74, 6) is 0.874. The smallest absolute Gasteiger partial charge is 0.317 e. The minimum absolute atomic E-state index is 0.0425. The maximum atomic E-state index is 12.6. The van der Waals surface area contributed by atoms with Gasteiger partial charge in [-0.2, -0.15) is 5.10 Å². The van der Waals surface area contributed by atoms with Crippen molar-refractivity contribution in [3.63, 3.8) is 0 Å². The van der Waals surface area contributed by atoms with Crippen LogP contribution < -0.4 is 5.32 Å². The lowest BCUT2D eigenvalue weighted by Gasteiger charge is -2.31. The van der Waals surface area contributed by atoms with E-state index in [1.807, 2.05) is 46.2 Å². The molecule has 2 aromatic heterocycles. The van der Waals surface area contributed by atoms with Crippen molar-refractivity contribution in [2.45, 2.75) is 45.2 Å². The van der Waals surface area contributed by atoms with Gasteiger partial charge in [0.05, 0.1) is 12.1 Å². The first kappa shape index (κ1) is 17.6. The van der Waals surface area contributed by atoms with Gasteiger partial charge in [0.15, 0.2) is 11.5 Å². The fourth-order valence-corrected chi connectivity index (χ4v) is 3.57. The molecule has 4 rings (SSSR count). The number of nitrogens with zero attached hydrogens (tertiary/aromatic N) is 4. The molecular weight excluding hydrogens is 342 g/mol. The van der Waals surface area contributed by atoms with Gasteiger partial charge < -0.3 is 14.6 Å². The number of oxazole rings is 1. The molecule has 2 amide bonds. The monoisotopic (exact) mass is 367 g/mol. The zero-order valence-corrected chi connectivity index (χ0v) is 15.6. The van der Waals surface area contributed by atoms with Crippen LogP contribution in [0.25, 0.3) is 11.1 Å². The standard InChI is InChI=1S/C20H25N5O2/c1-2-9-25-13-15(12-22-25)11-21-20(26)24-10-5-6-16(14-24)19-23-17-7-3-4-8-18(17)27-19/h3-4,7-8,12-13,16H,2,5-6,9-11,14H2,1H3,(H,21,26). The van der Waals surface area contributed by atoms with E-state index in [1.54, 1.807) is 0 Å². The van der Waals surface area contributed by atoms with Gasteiger partial charge in [0.1, 0.15) is 5.52 Å². The SMILES string of the molecule is CCCn1cc(CNC(=O)N2CCCC(c3nc4ccccc4o3)C2)cn1. The molecule has 142 valence electrons. The Kier molecular flexibility index (Phi) is 5.09. The summed E-state index contributed by atoms with van der Waals surface area (Å²) >= 11 is 0. The zero-order chi connectivity index (χ0) is 18.6. The number of nitrogens with one attached hydrogen (secondary N) is 1. The van der Waals surface area contributed by atoms with Crippen molar-refractivity contribution in [3.8, 4) is 0 Å². The van der Waals surface area contributed by atoms with Crippen LogP contribution in [0.15, 0.2) is 41.1 Å². The average Bonchev–Trinajstić information content (AvgIpc) is 3.33. The van der Waals surface area contributed by atoms with Crippen LogP contribution in [0.1, 0.15) is 43.6 Å². The Morgan fingerprint density at radius 1 is 1.37 bits per heavy atom. The quantitative estimate of drug-likeness (QED) is 0.748. The van der Waals surface area contributed by atoms with Gasteiger partial charge >= 0.3 is 6.03 Å². The number of piperidine rings is 1. The first-order valence-corrected chi connectivity index (χ1v) is 9.62. The van der Waals surface area contributed by atoms with Crippen LogP contribution >= 0.6 is 0 Å². The van der Waals surface area contributed by atoms with Crippen molar-refractivity contribution >= 4 is 17.1 Å². The molecule has 1 unspecified atom stereocenters. The highest BCUT2D eigenvalue weighted by molar-refractivity contribution is 5.74. The number of carbonyl (C=O) groups is 1. The van der Waals surface area contributed by atoms with Crippen LogP contribution in [-0.2, 0) is 13.1 Å². The summed E-state index contributed by atoms with van der Waals surface area (Å²) in [6, 6.07) is 7.74. The maximum absolute atomic E-state index is 12.6. The highest BCUT2D eigenvalue weighted by Gasteiger charge is 2.28. The Balaban J connectivity index is 1.36. The molecule has 0 radical (unpaired) electrons. The maximum Gasteiger partial charge on any atom is 0.317 e. The number of aryl methyl sites for hydroxylation is 1. The summed E-state index contributed by atoms with van der Waals surface area (Å²) in [4.78, 5) is 19.1. The van der Waals surface area contributed by atoms with Crippen LogP contribution in [0.2, 0.25) is 0 Å². The highest BCUT2D eigenvalue weighted by Crippen LogP contribution is 2.28. The number of amides is 2. The number of fused-ring (bicyclic) bond motifs is 1. The second kappa shape index (κ2) is 7.82. The molecule has 7 nitrogen and oxygen atoms in total. The summed E-state index contributed by atoms with van der Waals surface area (Å²) in [6.07, 6.45) is 6.78. The minimum atomic E-state index is -0.0425. The van der Waals surface area contributed by atoms with E-state index in [9.17, 15) is 4.79 Å². The van der Waals surface area contributed by atoms with Gasteiger partial charge in [-0.1, -0.05) is 19.1 Å². The summed E-state index contributed by atoms with van der Waals surface area (Å²) < 4.78 is 7.82. The van der Waals surface area contributed by atoms with E-state index < -0.39 is 0 Å². The van der Waals surface area contributed by atoms with Crippen molar-refractivity contribution < 1.29 is 9.21 Å². The first-order valence-electron chi connectivity index (χ1n) is 9.62. The predicted octanol–water partition coefficient (Wildman–Crippen LogP) is 3.52. The molecule has 1 aliphatic heterocycles. The highest BCUT2D eigenvalue weighted by atomic mass is 16.3. The lowest BCUT2D eigenvalue weighted by atomic mass is 9.98. The van der Waals surface area contributed by atoms with Crippen molar-refractivity contribution in [2.24, 2.45) is 0 Å². The second-order valence-corrected chi connectivity index (χ2v) is 7.08. The molecule has 3 heterocycles. The van der Waals surface area contributed by atoms with Gasteiger partial charge in [0.2, 0.25) is 0 Å². The molecule has 1 aromatic carbocycles. The molecular formula is C20H25N5O2. The number of likely N-dealkylation sites (tertiary alicyclic amines) is 1. The molecule has 7 heteroatoms. The Hall–Kier alpha value is -2.83. The third kappa shape index (κ3) is 3.97. The van der Waals surface area contributed by atoms with Gasteiger partial charge in [0, 0.05) is 37.9 Å². The van der Waals surface area contributed by atoms with E-state index in [2.05, 4.69) is 22.3 Å². The van der Waals surface area contributed by atoms with Gasteiger partial charge in [-0.15, -0.1) is 0 Å². The molecule has 1 saturated heterocycles. The fourth-order valence-electron chi connectivity index (χ4n) is 3.57. The van der Waals surface area contributed by atoms with Crippen molar-refractivity contribution in [1.29, 1.82) is 0 Å². The summed E-state index contributed by atoms with van der Waals surface area (Å²) in [6.45, 7) is 4.90. The molecule has 1 N–H and O–H groups in total. The Labute approximate surface area is 158 Å². The third-order valence-electron chi connectivity index (χ3n) is 4.95. The molecule has 1 fully saturated rings. The van der Waals surface area contributed by atoms with Crippen LogP contribution in [0, 0.1) is 0 Å². The van der Waals surface area contributed by atoms with E-state index in [0.29, 0.717) is 13.1 Å². The second-order valence-electron chi connectivity index (χ2n) is 7.08. The number of hydrogen-bond acceptors (Lipinski definition) is 4. The minimum Gasteiger partial charge on any atom is -0.440 e. The molecule has 0 bridgehead atoms. The third-order valence-corrected chi connectivity index (χ3v) is 4.95. The number of benzene rings is 1. The van der Waals surface area contributed by atoms with Crippen molar-refractivity contribution in [1.82, 2.24) is 25.0 Å². The van der Waals surface area contributed by atoms with E-state index in [-0.39, 0.29) is 11.9 Å². The number of urea groups is 1. The normalized spacial score (nSPS) is 17.4. The first-order chi connectivity index (χ1) is 13.2. The number of para-hydroxylation sites is 2. The predicted molar refractivity (Wildman–Crippen MR) is 102 cm³/mol. The van der Waals surface area contributed by atoms with Crippen LogP contribution in [0.3, 0.4) is 0 Å². The number of carbonyl (C=O) groups excluding carboxylic acids is 1. The average molecular weight is 367 g/mol. The Morgan fingerprint density at radius 3 is 3.11 bits per heavy atom. The molecule has 3 aromatic rings. The van der Waals surface area contributed by atoms with Crippen molar-refractivity contribution in [2.75, 3.05) is 13.1 Å². The van der Waals surface area contributed by atoms with E-state index >= 15 is 0 Å². The van der Waals surface area contributed by atoms with Gasteiger partial charge in [-0.3, -0.25) is 4.68 Å². The molecule has 0 spiro atoms. The summed E-state index contributed by atoms with van der Waals surface area (Å²) in [5, 5.41) is 7.31. The lowest BCUT2D eigenvalue weighted by molar-refractivity contribution is 0.174. The van der Waals surface area contributed by atoms with Crippen LogP contribution in [-0.4, -0.2) is 38.8 Å². The largest absolute Gasteiger partial charge is 0.440 e. The van der Waals surface area contributed by atoms with Gasteiger partial charge in [-0.05, 0) is 31.4 Å². The Bertz CT molecular complexity index is 883. The fraction of sp³-hybridized carbons (Fsp3) is 0.450. The zero-order valence-electron chi connectivity index (χ0n) is 15.6. The number of aromatic nitrogens is 3. The van der Waals surface area contributed by atoms with Crippen LogP contribution in [0.4, 0.5) is 4.79 Å². The molecule has 1 aliphatic rings. The van der Waals surface area contributed by atoms with Crippen LogP contribution in [0.5, 0.6) is 0 Å². The number of rotatable bonds is 5. The van der Waals surface area contributed by atoms with Gasteiger partial charge in [0.25, 0.3) is 0 Å². The molecule has 1 atom stereocenters.